The number of fused-ring (bicyclic) bond motifs is 1. The van der Waals surface area contributed by atoms with Gasteiger partial charge in [0.05, 0.1) is 0 Å². The van der Waals surface area contributed by atoms with Crippen LogP contribution in [0.25, 0.3) is 10.8 Å². The second-order valence-electron chi connectivity index (χ2n) is 6.02. The normalized spacial score (nSPS) is 14.9. The first-order valence-corrected chi connectivity index (χ1v) is 10.4. The molecule has 0 N–H and O–H groups in total. The summed E-state index contributed by atoms with van der Waals surface area (Å²) in [5.41, 5.74) is 1.49. The van der Waals surface area contributed by atoms with Crippen molar-refractivity contribution in [2.75, 3.05) is 0 Å². The summed E-state index contributed by atoms with van der Waals surface area (Å²) in [4.78, 5) is 0. The minimum Gasteiger partial charge on any atom is -1.00 e. The fourth-order valence-corrected chi connectivity index (χ4v) is 4.04. The van der Waals surface area contributed by atoms with Crippen LogP contribution in [-0.2, 0) is 26.2 Å². The zero-order valence-electron chi connectivity index (χ0n) is 13.2. The minimum absolute atomic E-state index is 0. The van der Waals surface area contributed by atoms with E-state index in [1.54, 1.807) is 0 Å². The number of halogens is 2. The van der Waals surface area contributed by atoms with E-state index in [0.29, 0.717) is 0 Å². The van der Waals surface area contributed by atoms with Crippen LogP contribution in [0.15, 0.2) is 30.3 Å². The van der Waals surface area contributed by atoms with Crippen LogP contribution in [0.1, 0.15) is 43.6 Å². The Hall–Kier alpha value is 0.310. The summed E-state index contributed by atoms with van der Waals surface area (Å²) in [5, 5.41) is 2.68. The molecule has 0 aliphatic heterocycles. The first kappa shape index (κ1) is 22.3. The molecule has 0 atom stereocenters. The van der Waals surface area contributed by atoms with Gasteiger partial charge >= 0.3 is 26.2 Å². The molecule has 2 aromatic carbocycles. The summed E-state index contributed by atoms with van der Waals surface area (Å²) in [7, 11) is -1.05. The molecule has 119 valence electrons. The van der Waals surface area contributed by atoms with Crippen LogP contribution in [0.2, 0.25) is 13.1 Å². The molecule has 0 saturated heterocycles. The second-order valence-corrected chi connectivity index (χ2v) is 8.35. The number of benzene rings is 1. The van der Waals surface area contributed by atoms with Crippen molar-refractivity contribution in [2.45, 2.75) is 51.1 Å². The van der Waals surface area contributed by atoms with E-state index < -0.39 is 9.04 Å². The quantitative estimate of drug-likeness (QED) is 0.445. The van der Waals surface area contributed by atoms with Crippen molar-refractivity contribution >= 4 is 19.8 Å². The topological polar surface area (TPSA) is 9.23 Å². The van der Waals surface area contributed by atoms with E-state index in [4.69, 9.17) is 4.43 Å². The van der Waals surface area contributed by atoms with Crippen LogP contribution in [0.5, 0.6) is 5.75 Å². The molecule has 1 saturated carbocycles. The van der Waals surface area contributed by atoms with Crippen molar-refractivity contribution in [3.63, 3.8) is 0 Å². The molecule has 1 aliphatic rings. The third kappa shape index (κ3) is 4.90. The summed E-state index contributed by atoms with van der Waals surface area (Å²) in [5.74, 6) is 1.94. The van der Waals surface area contributed by atoms with E-state index in [1.165, 1.54) is 54.2 Å². The van der Waals surface area contributed by atoms with Gasteiger partial charge in [-0.2, -0.15) is 0 Å². The van der Waals surface area contributed by atoms with Gasteiger partial charge < -0.3 is 29.2 Å². The zero-order chi connectivity index (χ0) is 13.2. The van der Waals surface area contributed by atoms with Gasteiger partial charge in [0, 0.05) is 0 Å². The van der Waals surface area contributed by atoms with Crippen LogP contribution < -0.4 is 29.2 Å². The van der Waals surface area contributed by atoms with Crippen LogP contribution in [-0.4, -0.2) is 9.04 Å². The van der Waals surface area contributed by atoms with E-state index in [9.17, 15) is 0 Å². The average molecular weight is 434 g/mol. The smallest absolute Gasteiger partial charge is 1.00 e. The third-order valence-corrected chi connectivity index (χ3v) is 4.88. The van der Waals surface area contributed by atoms with Gasteiger partial charge in [0.1, 0.15) is 0 Å². The summed E-state index contributed by atoms with van der Waals surface area (Å²) in [6.45, 7) is 4.51. The molecule has 1 fully saturated rings. The maximum absolute atomic E-state index is 6.29. The molecule has 3 rings (SSSR count). The Morgan fingerprint density at radius 1 is 1.05 bits per heavy atom. The maximum atomic E-state index is 6.29. The SMILES string of the molecule is C[SiH](C)Oc1c(C2CCCCC2)[cH-]c2ccccc12.[Cl-].[Cl-].[Zr+3]. The molecule has 22 heavy (non-hydrogen) atoms. The Labute approximate surface area is 167 Å². The predicted octanol–water partition coefficient (Wildman–Crippen LogP) is -1.03. The van der Waals surface area contributed by atoms with Gasteiger partial charge in [-0.05, 0) is 37.6 Å². The molecule has 0 amide bonds. The Bertz CT molecular complexity index is 565. The maximum Gasteiger partial charge on any atom is 3.00 e. The van der Waals surface area contributed by atoms with E-state index in [0.717, 1.165) is 5.92 Å². The average Bonchev–Trinajstić information content (AvgIpc) is 2.78. The molecular weight excluding hydrogens is 410 g/mol. The van der Waals surface area contributed by atoms with Gasteiger partial charge in [-0.3, -0.25) is 0 Å². The predicted molar refractivity (Wildman–Crippen MR) is 84.9 cm³/mol. The summed E-state index contributed by atoms with van der Waals surface area (Å²) >= 11 is 0. The van der Waals surface area contributed by atoms with Crippen molar-refractivity contribution in [2.24, 2.45) is 0 Å². The van der Waals surface area contributed by atoms with E-state index in [1.807, 2.05) is 0 Å². The molecule has 2 aromatic rings. The molecule has 0 heterocycles. The standard InChI is InChI=1S/C17H23OSi.2ClH.Zr/c1-19(2)18-17-15-11-7-6-10-14(15)12-16(17)13-8-4-3-5-9-13;;;/h6-7,10-13,19H,3-5,8-9H2,1-2H3;2*1H;/q-1;;;+3/p-2. The van der Waals surface area contributed by atoms with Gasteiger partial charge in [-0.25, -0.2) is 0 Å². The molecular formula is C17H23Cl2OSiZr. The van der Waals surface area contributed by atoms with Gasteiger partial charge in [0.2, 0.25) is 9.04 Å². The van der Waals surface area contributed by atoms with E-state index >= 15 is 0 Å². The zero-order valence-corrected chi connectivity index (χ0v) is 18.4. The van der Waals surface area contributed by atoms with Crippen LogP contribution in [0.4, 0.5) is 0 Å². The number of hydrogen-bond acceptors (Lipinski definition) is 1. The van der Waals surface area contributed by atoms with Gasteiger partial charge in [-0.1, -0.05) is 30.9 Å². The molecule has 1 radical (unpaired) electrons. The fraction of sp³-hybridized carbons (Fsp3) is 0.471. The van der Waals surface area contributed by atoms with Crippen LogP contribution in [0.3, 0.4) is 0 Å². The minimum atomic E-state index is -1.05. The molecule has 1 aliphatic carbocycles. The monoisotopic (exact) mass is 431 g/mol. The number of rotatable bonds is 3. The molecule has 0 spiro atoms. The summed E-state index contributed by atoms with van der Waals surface area (Å²) < 4.78 is 6.29. The van der Waals surface area contributed by atoms with Gasteiger partial charge in [0.15, 0.2) is 0 Å². The van der Waals surface area contributed by atoms with Gasteiger partial charge in [-0.15, -0.1) is 35.0 Å². The molecule has 0 aromatic heterocycles. The van der Waals surface area contributed by atoms with Crippen molar-refractivity contribution in [1.29, 1.82) is 0 Å². The van der Waals surface area contributed by atoms with E-state index in [2.05, 4.69) is 43.4 Å². The Balaban J connectivity index is 0.00000147. The van der Waals surface area contributed by atoms with Gasteiger partial charge in [0.25, 0.3) is 0 Å². The first-order valence-electron chi connectivity index (χ1n) is 7.60. The molecule has 0 bridgehead atoms. The Morgan fingerprint density at radius 3 is 2.32 bits per heavy atom. The van der Waals surface area contributed by atoms with Crippen LogP contribution >= 0.6 is 0 Å². The third-order valence-electron chi connectivity index (χ3n) is 4.18. The first-order chi connectivity index (χ1) is 9.25. The van der Waals surface area contributed by atoms with Crippen LogP contribution in [0, 0.1) is 0 Å². The van der Waals surface area contributed by atoms with E-state index in [-0.39, 0.29) is 51.0 Å². The Kier molecular flexibility index (Phi) is 10.4. The molecule has 5 heteroatoms. The summed E-state index contributed by atoms with van der Waals surface area (Å²) in [6, 6.07) is 11.1. The number of hydrogen-bond donors (Lipinski definition) is 0. The molecule has 0 unspecified atom stereocenters. The largest absolute Gasteiger partial charge is 3.00 e. The molecule has 1 nitrogen and oxygen atoms in total. The fourth-order valence-electron chi connectivity index (χ4n) is 3.30. The van der Waals surface area contributed by atoms with Crippen molar-refractivity contribution in [3.05, 3.63) is 35.9 Å². The second kappa shape index (κ2) is 10.2. The van der Waals surface area contributed by atoms with Crippen molar-refractivity contribution < 1.29 is 55.4 Å². The van der Waals surface area contributed by atoms with Crippen molar-refractivity contribution in [3.8, 4) is 5.75 Å². The van der Waals surface area contributed by atoms with Crippen molar-refractivity contribution in [1.82, 2.24) is 0 Å². The summed E-state index contributed by atoms with van der Waals surface area (Å²) in [6.07, 6.45) is 6.85. The Morgan fingerprint density at radius 2 is 1.68 bits per heavy atom.